The lowest BCUT2D eigenvalue weighted by atomic mass is 10.1. The molecular weight excluding hydrogens is 450 g/mol. The normalized spacial score (nSPS) is 15.9. The van der Waals surface area contributed by atoms with Crippen molar-refractivity contribution >= 4 is 23.6 Å². The summed E-state index contributed by atoms with van der Waals surface area (Å²) < 4.78 is 7.27. The smallest absolute Gasteiger partial charge is 0.233 e. The summed E-state index contributed by atoms with van der Waals surface area (Å²) in [4.78, 5) is 28.3. The van der Waals surface area contributed by atoms with Gasteiger partial charge in [0.25, 0.3) is 0 Å². The molecule has 34 heavy (non-hydrogen) atoms. The van der Waals surface area contributed by atoms with Crippen molar-refractivity contribution in [1.82, 2.24) is 24.6 Å². The zero-order valence-electron chi connectivity index (χ0n) is 19.9. The maximum Gasteiger partial charge on any atom is 0.233 e. The number of methoxy groups -OCH3 is 1. The fourth-order valence-electron chi connectivity index (χ4n) is 4.09. The van der Waals surface area contributed by atoms with Crippen molar-refractivity contribution in [1.29, 1.82) is 0 Å². The first kappa shape index (κ1) is 23.8. The van der Waals surface area contributed by atoms with Gasteiger partial charge in [-0.2, -0.15) is 0 Å². The van der Waals surface area contributed by atoms with Gasteiger partial charge in [0, 0.05) is 43.9 Å². The van der Waals surface area contributed by atoms with Gasteiger partial charge in [-0.05, 0) is 38.1 Å². The number of carbonyl (C=O) groups excluding carboxylic acids is 2. The van der Waals surface area contributed by atoms with Crippen LogP contribution in [0.4, 0.5) is 0 Å². The highest BCUT2D eigenvalue weighted by atomic mass is 32.2. The minimum absolute atomic E-state index is 0.0105. The molecule has 1 fully saturated rings. The molecule has 3 aromatic rings. The fraction of sp³-hybridized carbons (Fsp3) is 0.360. The molecule has 0 aliphatic carbocycles. The number of aryl methyl sites for hydroxylation is 1. The third kappa shape index (κ3) is 5.09. The van der Waals surface area contributed by atoms with Crippen LogP contribution in [0.5, 0.6) is 5.75 Å². The van der Waals surface area contributed by atoms with Crippen molar-refractivity contribution in [3.05, 3.63) is 54.1 Å². The third-order valence-corrected chi connectivity index (χ3v) is 6.90. The Labute approximate surface area is 203 Å². The topological polar surface area (TPSA) is 80.6 Å². The standard InChI is InChI=1S/C25H29N5O3S/c1-17-5-7-20(8-6-17)24-26-27-25(30(24)21-9-11-22(33-4)12-10-21)34-16-23(32)28-13-14-29(19(3)31)18(2)15-28/h5-12,18H,13-16H2,1-4H3. The highest BCUT2D eigenvalue weighted by Crippen LogP contribution is 2.29. The van der Waals surface area contributed by atoms with Crippen LogP contribution in [0.2, 0.25) is 0 Å². The predicted octanol–water partition coefficient (Wildman–Crippen LogP) is 3.42. The molecule has 0 bridgehead atoms. The molecule has 0 N–H and O–H groups in total. The number of thioether (sulfide) groups is 1. The van der Waals surface area contributed by atoms with Crippen molar-refractivity contribution in [2.75, 3.05) is 32.5 Å². The first-order valence-corrected chi connectivity index (χ1v) is 12.2. The van der Waals surface area contributed by atoms with E-state index in [1.54, 1.807) is 14.0 Å². The minimum Gasteiger partial charge on any atom is -0.497 e. The first-order chi connectivity index (χ1) is 16.4. The van der Waals surface area contributed by atoms with Gasteiger partial charge in [0.2, 0.25) is 11.8 Å². The maximum absolute atomic E-state index is 13.0. The number of nitrogens with zero attached hydrogens (tertiary/aromatic N) is 5. The van der Waals surface area contributed by atoms with E-state index in [1.165, 1.54) is 17.3 Å². The lowest BCUT2D eigenvalue weighted by Crippen LogP contribution is -2.55. The summed E-state index contributed by atoms with van der Waals surface area (Å²) in [5.74, 6) is 1.79. The molecule has 1 aliphatic heterocycles. The number of aromatic nitrogens is 3. The maximum atomic E-state index is 13.0. The summed E-state index contributed by atoms with van der Waals surface area (Å²) in [5.41, 5.74) is 3.00. The van der Waals surface area contributed by atoms with E-state index in [0.29, 0.717) is 30.6 Å². The molecule has 1 aliphatic rings. The molecule has 4 rings (SSSR count). The van der Waals surface area contributed by atoms with E-state index in [9.17, 15) is 9.59 Å². The number of ether oxygens (including phenoxy) is 1. The molecule has 2 amide bonds. The summed E-state index contributed by atoms with van der Waals surface area (Å²) in [6.07, 6.45) is 0. The Morgan fingerprint density at radius 1 is 1.06 bits per heavy atom. The Balaban J connectivity index is 1.56. The van der Waals surface area contributed by atoms with E-state index in [-0.39, 0.29) is 23.6 Å². The lowest BCUT2D eigenvalue weighted by molar-refractivity contribution is -0.139. The van der Waals surface area contributed by atoms with Gasteiger partial charge in [-0.1, -0.05) is 41.6 Å². The summed E-state index contributed by atoms with van der Waals surface area (Å²) in [6.45, 7) is 7.24. The SMILES string of the molecule is COc1ccc(-n2c(SCC(=O)N3CCN(C(C)=O)C(C)C3)nnc2-c2ccc(C)cc2)cc1. The van der Waals surface area contributed by atoms with E-state index in [1.807, 2.05) is 76.7 Å². The quantitative estimate of drug-likeness (QED) is 0.504. The number of amides is 2. The van der Waals surface area contributed by atoms with Gasteiger partial charge in [0.05, 0.1) is 12.9 Å². The molecule has 0 saturated carbocycles. The molecular formula is C25H29N5O3S. The highest BCUT2D eigenvalue weighted by molar-refractivity contribution is 7.99. The van der Waals surface area contributed by atoms with Crippen LogP contribution < -0.4 is 4.74 Å². The van der Waals surface area contributed by atoms with Gasteiger partial charge in [-0.15, -0.1) is 10.2 Å². The molecule has 1 atom stereocenters. The Morgan fingerprint density at radius 2 is 1.76 bits per heavy atom. The Morgan fingerprint density at radius 3 is 2.38 bits per heavy atom. The number of benzene rings is 2. The van der Waals surface area contributed by atoms with E-state index in [4.69, 9.17) is 4.74 Å². The fourth-order valence-corrected chi connectivity index (χ4v) is 4.94. The van der Waals surface area contributed by atoms with Crippen molar-refractivity contribution in [2.24, 2.45) is 0 Å². The van der Waals surface area contributed by atoms with Gasteiger partial charge >= 0.3 is 0 Å². The zero-order chi connectivity index (χ0) is 24.2. The van der Waals surface area contributed by atoms with Gasteiger partial charge in [-0.25, -0.2) is 0 Å². The Hall–Kier alpha value is -3.33. The van der Waals surface area contributed by atoms with Crippen molar-refractivity contribution in [3.63, 3.8) is 0 Å². The minimum atomic E-state index is 0.0105. The van der Waals surface area contributed by atoms with Crippen LogP contribution >= 0.6 is 11.8 Å². The van der Waals surface area contributed by atoms with E-state index in [2.05, 4.69) is 10.2 Å². The molecule has 2 aromatic carbocycles. The van der Waals surface area contributed by atoms with Gasteiger partial charge in [0.15, 0.2) is 11.0 Å². The molecule has 2 heterocycles. The molecule has 1 unspecified atom stereocenters. The Bertz CT molecular complexity index is 1160. The van der Waals surface area contributed by atoms with Crippen molar-refractivity contribution < 1.29 is 14.3 Å². The van der Waals surface area contributed by atoms with Gasteiger partial charge < -0.3 is 14.5 Å². The number of hydrogen-bond acceptors (Lipinski definition) is 6. The molecule has 1 aromatic heterocycles. The van der Waals surface area contributed by atoms with Crippen LogP contribution in [0.1, 0.15) is 19.4 Å². The molecule has 1 saturated heterocycles. The van der Waals surface area contributed by atoms with Crippen LogP contribution in [-0.4, -0.2) is 74.9 Å². The first-order valence-electron chi connectivity index (χ1n) is 11.2. The number of carbonyl (C=O) groups is 2. The second-order valence-corrected chi connectivity index (χ2v) is 9.34. The number of piperazine rings is 1. The van der Waals surface area contributed by atoms with Crippen LogP contribution in [0, 0.1) is 6.92 Å². The van der Waals surface area contributed by atoms with Crippen molar-refractivity contribution in [3.8, 4) is 22.8 Å². The van der Waals surface area contributed by atoms with Crippen LogP contribution in [0.3, 0.4) is 0 Å². The monoisotopic (exact) mass is 479 g/mol. The molecule has 0 spiro atoms. The Kier molecular flexibility index (Phi) is 7.21. The van der Waals surface area contributed by atoms with Gasteiger partial charge in [0.1, 0.15) is 5.75 Å². The average molecular weight is 480 g/mol. The molecule has 0 radical (unpaired) electrons. The van der Waals surface area contributed by atoms with Crippen molar-refractivity contribution in [2.45, 2.75) is 32.0 Å². The van der Waals surface area contributed by atoms with Gasteiger partial charge in [-0.3, -0.25) is 14.2 Å². The predicted molar refractivity (Wildman–Crippen MR) is 132 cm³/mol. The average Bonchev–Trinajstić information content (AvgIpc) is 3.26. The third-order valence-electron chi connectivity index (χ3n) is 5.98. The number of hydrogen-bond donors (Lipinski definition) is 0. The summed E-state index contributed by atoms with van der Waals surface area (Å²) in [7, 11) is 1.63. The van der Waals surface area contributed by atoms with E-state index >= 15 is 0 Å². The summed E-state index contributed by atoms with van der Waals surface area (Å²) in [5, 5.41) is 9.52. The largest absolute Gasteiger partial charge is 0.497 e. The number of rotatable bonds is 6. The van der Waals surface area contributed by atoms with Crippen LogP contribution in [-0.2, 0) is 9.59 Å². The zero-order valence-corrected chi connectivity index (χ0v) is 20.7. The second-order valence-electron chi connectivity index (χ2n) is 8.40. The second kappa shape index (κ2) is 10.3. The lowest BCUT2D eigenvalue weighted by Gasteiger charge is -2.39. The van der Waals surface area contributed by atoms with E-state index < -0.39 is 0 Å². The highest BCUT2D eigenvalue weighted by Gasteiger charge is 2.28. The van der Waals surface area contributed by atoms with Crippen LogP contribution in [0.25, 0.3) is 17.1 Å². The molecule has 178 valence electrons. The molecule has 9 heteroatoms. The van der Waals surface area contributed by atoms with E-state index in [0.717, 1.165) is 17.0 Å². The summed E-state index contributed by atoms with van der Waals surface area (Å²) in [6, 6.07) is 15.8. The molecule has 8 nitrogen and oxygen atoms in total. The summed E-state index contributed by atoms with van der Waals surface area (Å²) >= 11 is 1.37. The van der Waals surface area contributed by atoms with Crippen LogP contribution in [0.15, 0.2) is 53.7 Å².